The number of amides is 1. The third-order valence-corrected chi connectivity index (χ3v) is 4.84. The zero-order valence-corrected chi connectivity index (χ0v) is 15.4. The van der Waals surface area contributed by atoms with Crippen molar-refractivity contribution in [2.24, 2.45) is 0 Å². The predicted octanol–water partition coefficient (Wildman–Crippen LogP) is 2.81. The average molecular weight is 386 g/mol. The summed E-state index contributed by atoms with van der Waals surface area (Å²) in [6.07, 6.45) is 1.57. The molecule has 1 aromatic carbocycles. The molecule has 1 aliphatic heterocycles. The third-order valence-electron chi connectivity index (χ3n) is 4.00. The van der Waals surface area contributed by atoms with E-state index in [2.05, 4.69) is 20.5 Å². The normalized spacial score (nSPS) is 14.0. The second-order valence-electron chi connectivity index (χ2n) is 5.92. The molecule has 0 fully saturated rings. The highest BCUT2D eigenvalue weighted by Gasteiger charge is 2.16. The Kier molecular flexibility index (Phi) is 5.01. The Balaban J connectivity index is 1.31. The fourth-order valence-corrected chi connectivity index (χ4v) is 3.27. The lowest BCUT2D eigenvalue weighted by Crippen LogP contribution is -2.28. The Bertz CT molecular complexity index is 925. The number of benzene rings is 1. The molecule has 1 aliphatic rings. The number of furan rings is 1. The fraction of sp³-hybridized carbons (Fsp3) is 0.278. The van der Waals surface area contributed by atoms with Crippen molar-refractivity contribution in [2.45, 2.75) is 18.1 Å². The van der Waals surface area contributed by atoms with E-state index in [4.69, 9.17) is 13.9 Å². The zero-order valence-electron chi connectivity index (χ0n) is 14.6. The van der Waals surface area contributed by atoms with Gasteiger partial charge < -0.3 is 19.2 Å². The maximum absolute atomic E-state index is 12.3. The molecule has 1 atom stereocenters. The minimum absolute atomic E-state index is 0.105. The van der Waals surface area contributed by atoms with Crippen molar-refractivity contribution < 1.29 is 18.7 Å². The smallest absolute Gasteiger partial charge is 0.230 e. The maximum atomic E-state index is 12.3. The first-order valence-electron chi connectivity index (χ1n) is 8.47. The number of nitrogens with zero attached hydrogens (tertiary/aromatic N) is 2. The lowest BCUT2D eigenvalue weighted by molar-refractivity contribution is -0.119. The zero-order chi connectivity index (χ0) is 18.6. The van der Waals surface area contributed by atoms with Crippen LogP contribution in [0.25, 0.3) is 11.6 Å². The van der Waals surface area contributed by atoms with Crippen LogP contribution in [0.1, 0.15) is 18.5 Å². The molecule has 0 spiro atoms. The van der Waals surface area contributed by atoms with Gasteiger partial charge in [-0.3, -0.25) is 9.89 Å². The van der Waals surface area contributed by atoms with Gasteiger partial charge in [0.2, 0.25) is 11.1 Å². The number of thioether (sulfide) groups is 1. The number of ether oxygens (including phenoxy) is 2. The van der Waals surface area contributed by atoms with Crippen LogP contribution in [-0.4, -0.2) is 40.1 Å². The van der Waals surface area contributed by atoms with E-state index in [0.717, 1.165) is 11.3 Å². The SMILES string of the molecule is CC(NC(=O)CSc1n[nH]c(-c2ccco2)n1)c1ccc2c(c1)OCCO2. The molecule has 0 radical (unpaired) electrons. The molecule has 0 saturated carbocycles. The summed E-state index contributed by atoms with van der Waals surface area (Å²) in [5, 5.41) is 10.3. The Morgan fingerprint density at radius 3 is 2.96 bits per heavy atom. The summed E-state index contributed by atoms with van der Waals surface area (Å²) in [6.45, 7) is 3.01. The van der Waals surface area contributed by atoms with E-state index < -0.39 is 0 Å². The van der Waals surface area contributed by atoms with E-state index in [1.165, 1.54) is 11.8 Å². The van der Waals surface area contributed by atoms with Crippen LogP contribution < -0.4 is 14.8 Å². The van der Waals surface area contributed by atoms with Gasteiger partial charge in [-0.25, -0.2) is 0 Å². The number of nitrogens with one attached hydrogen (secondary N) is 2. The number of hydrogen-bond acceptors (Lipinski definition) is 7. The number of H-pyrrole nitrogens is 1. The topological polar surface area (TPSA) is 102 Å². The first kappa shape index (κ1) is 17.5. The van der Waals surface area contributed by atoms with E-state index in [9.17, 15) is 4.79 Å². The molecule has 1 unspecified atom stereocenters. The molecule has 8 nitrogen and oxygen atoms in total. The summed E-state index contributed by atoms with van der Waals surface area (Å²) < 4.78 is 16.4. The number of carbonyl (C=O) groups excluding carboxylic acids is 1. The molecular formula is C18H18N4O4S. The van der Waals surface area contributed by atoms with Crippen LogP contribution >= 0.6 is 11.8 Å². The number of hydrogen-bond donors (Lipinski definition) is 2. The fourth-order valence-electron chi connectivity index (χ4n) is 2.66. The maximum Gasteiger partial charge on any atom is 0.230 e. The van der Waals surface area contributed by atoms with E-state index in [1.807, 2.05) is 25.1 Å². The molecular weight excluding hydrogens is 368 g/mol. The van der Waals surface area contributed by atoms with Crippen molar-refractivity contribution in [3.63, 3.8) is 0 Å². The highest BCUT2D eigenvalue weighted by molar-refractivity contribution is 7.99. The summed E-state index contributed by atoms with van der Waals surface area (Å²) >= 11 is 1.25. The van der Waals surface area contributed by atoms with Gasteiger partial charge in [0.05, 0.1) is 18.1 Å². The Morgan fingerprint density at radius 2 is 2.15 bits per heavy atom. The van der Waals surface area contributed by atoms with E-state index >= 15 is 0 Å². The summed E-state index contributed by atoms with van der Waals surface area (Å²) in [4.78, 5) is 16.6. The summed E-state index contributed by atoms with van der Waals surface area (Å²) in [6, 6.07) is 9.10. The molecule has 0 aliphatic carbocycles. The summed E-state index contributed by atoms with van der Waals surface area (Å²) in [7, 11) is 0. The van der Waals surface area contributed by atoms with E-state index in [1.54, 1.807) is 18.4 Å². The molecule has 140 valence electrons. The minimum atomic E-state index is -0.153. The van der Waals surface area contributed by atoms with Crippen LogP contribution in [0.4, 0.5) is 0 Å². The van der Waals surface area contributed by atoms with Gasteiger partial charge in [-0.2, -0.15) is 4.98 Å². The van der Waals surface area contributed by atoms with Gasteiger partial charge in [-0.05, 0) is 36.8 Å². The molecule has 9 heteroatoms. The molecule has 27 heavy (non-hydrogen) atoms. The van der Waals surface area contributed by atoms with Gasteiger partial charge in [0, 0.05) is 0 Å². The quantitative estimate of drug-likeness (QED) is 0.628. The standard InChI is InChI=1S/C18H18N4O4S/c1-11(12-4-5-13-15(9-12)26-8-7-25-13)19-16(23)10-27-18-20-17(21-22-18)14-3-2-6-24-14/h2-6,9,11H,7-8,10H2,1H3,(H,19,23)(H,20,21,22). The first-order valence-corrected chi connectivity index (χ1v) is 9.45. The third kappa shape index (κ3) is 4.08. The van der Waals surface area contributed by atoms with Crippen molar-refractivity contribution in [3.8, 4) is 23.1 Å². The number of rotatable bonds is 6. The number of aromatic amines is 1. The monoisotopic (exact) mass is 386 g/mol. The van der Waals surface area contributed by atoms with Gasteiger partial charge in [0.1, 0.15) is 13.2 Å². The van der Waals surface area contributed by atoms with Crippen LogP contribution in [0.15, 0.2) is 46.2 Å². The van der Waals surface area contributed by atoms with Crippen molar-refractivity contribution >= 4 is 17.7 Å². The number of aromatic nitrogens is 3. The van der Waals surface area contributed by atoms with Crippen molar-refractivity contribution in [2.75, 3.05) is 19.0 Å². The predicted molar refractivity (Wildman–Crippen MR) is 98.8 cm³/mol. The average Bonchev–Trinajstić information content (AvgIpc) is 3.37. The van der Waals surface area contributed by atoms with Crippen LogP contribution in [0.2, 0.25) is 0 Å². The van der Waals surface area contributed by atoms with Gasteiger partial charge >= 0.3 is 0 Å². The highest BCUT2D eigenvalue weighted by atomic mass is 32.2. The molecule has 2 aromatic heterocycles. The first-order chi connectivity index (χ1) is 13.2. The van der Waals surface area contributed by atoms with Gasteiger partial charge in [-0.15, -0.1) is 5.10 Å². The molecule has 0 bridgehead atoms. The number of carbonyl (C=O) groups is 1. The van der Waals surface area contributed by atoms with Gasteiger partial charge in [0.15, 0.2) is 23.1 Å². The lowest BCUT2D eigenvalue weighted by atomic mass is 10.1. The summed E-state index contributed by atoms with van der Waals surface area (Å²) in [5.74, 6) is 2.69. The van der Waals surface area contributed by atoms with Gasteiger partial charge in [-0.1, -0.05) is 17.8 Å². The van der Waals surface area contributed by atoms with Crippen LogP contribution in [0.3, 0.4) is 0 Å². The second-order valence-corrected chi connectivity index (χ2v) is 6.87. The van der Waals surface area contributed by atoms with Crippen molar-refractivity contribution in [3.05, 3.63) is 42.2 Å². The Hall–Kier alpha value is -2.94. The van der Waals surface area contributed by atoms with E-state index in [-0.39, 0.29) is 17.7 Å². The minimum Gasteiger partial charge on any atom is -0.486 e. The van der Waals surface area contributed by atoms with Crippen molar-refractivity contribution in [1.29, 1.82) is 0 Å². The van der Waals surface area contributed by atoms with E-state index in [0.29, 0.717) is 35.7 Å². The van der Waals surface area contributed by atoms with Gasteiger partial charge in [0.25, 0.3) is 0 Å². The molecule has 1 amide bonds. The molecule has 3 heterocycles. The van der Waals surface area contributed by atoms with Crippen LogP contribution in [0, 0.1) is 0 Å². The van der Waals surface area contributed by atoms with Crippen LogP contribution in [0.5, 0.6) is 11.5 Å². The molecule has 2 N–H and O–H groups in total. The molecule has 3 aromatic rings. The Labute approximate surface area is 159 Å². The summed E-state index contributed by atoms with van der Waals surface area (Å²) in [5.41, 5.74) is 0.954. The number of fused-ring (bicyclic) bond motifs is 1. The highest BCUT2D eigenvalue weighted by Crippen LogP contribution is 2.32. The Morgan fingerprint density at radius 1 is 1.30 bits per heavy atom. The van der Waals surface area contributed by atoms with Crippen LogP contribution in [-0.2, 0) is 4.79 Å². The molecule has 4 rings (SSSR count). The second kappa shape index (κ2) is 7.75. The lowest BCUT2D eigenvalue weighted by Gasteiger charge is -2.21. The van der Waals surface area contributed by atoms with Crippen molar-refractivity contribution in [1.82, 2.24) is 20.5 Å². The molecule has 0 saturated heterocycles. The largest absolute Gasteiger partial charge is 0.486 e.